The first-order valence-electron chi connectivity index (χ1n) is 9.80. The molecule has 148 valence electrons. The Labute approximate surface area is 169 Å². The van der Waals surface area contributed by atoms with E-state index < -0.39 is 0 Å². The number of likely N-dealkylation sites (tertiary alicyclic amines) is 1. The van der Waals surface area contributed by atoms with Gasteiger partial charge in [-0.05, 0) is 61.7 Å². The lowest BCUT2D eigenvalue weighted by atomic mass is 9.93. The van der Waals surface area contributed by atoms with Crippen LogP contribution in [-0.4, -0.2) is 33.9 Å². The lowest BCUT2D eigenvalue weighted by molar-refractivity contribution is 0.0705. The number of carbonyl (C=O) groups excluding carboxylic acids is 1. The summed E-state index contributed by atoms with van der Waals surface area (Å²) in [6.07, 6.45) is 3.63. The van der Waals surface area contributed by atoms with Gasteiger partial charge in [-0.15, -0.1) is 0 Å². The molecule has 1 aromatic heterocycles. The van der Waals surface area contributed by atoms with E-state index in [9.17, 15) is 9.18 Å². The molecule has 2 heterocycles. The number of aryl methyl sites for hydroxylation is 1. The first-order chi connectivity index (χ1) is 14.1. The van der Waals surface area contributed by atoms with Crippen molar-refractivity contribution in [3.05, 3.63) is 83.4 Å². The number of piperidine rings is 1. The SMILES string of the molecule is Cc1ccccc1C(=O)N1CCCC(c2ccnc(Nc3ccc(F)cc3)n2)C1. The summed E-state index contributed by atoms with van der Waals surface area (Å²) in [6.45, 7) is 3.36. The van der Waals surface area contributed by atoms with Crippen LogP contribution < -0.4 is 5.32 Å². The van der Waals surface area contributed by atoms with E-state index in [1.165, 1.54) is 12.1 Å². The number of amides is 1. The summed E-state index contributed by atoms with van der Waals surface area (Å²) in [4.78, 5) is 23.8. The fraction of sp³-hybridized carbons (Fsp3) is 0.261. The number of hydrogen-bond acceptors (Lipinski definition) is 4. The number of hydrogen-bond donors (Lipinski definition) is 1. The maximum atomic E-state index is 13.1. The first kappa shape index (κ1) is 19.1. The number of nitrogens with zero attached hydrogens (tertiary/aromatic N) is 3. The minimum absolute atomic E-state index is 0.0755. The monoisotopic (exact) mass is 390 g/mol. The number of nitrogens with one attached hydrogen (secondary N) is 1. The smallest absolute Gasteiger partial charge is 0.254 e. The zero-order chi connectivity index (χ0) is 20.2. The van der Waals surface area contributed by atoms with Crippen LogP contribution >= 0.6 is 0 Å². The standard InChI is InChI=1S/C23H23FN4O/c1-16-5-2-3-7-20(16)22(29)28-14-4-6-17(15-28)21-12-13-25-23(27-21)26-19-10-8-18(24)9-11-19/h2-3,5,7-13,17H,4,6,14-15H2,1H3,(H,25,26,27). The van der Waals surface area contributed by atoms with Crippen molar-refractivity contribution in [1.82, 2.24) is 14.9 Å². The summed E-state index contributed by atoms with van der Waals surface area (Å²) < 4.78 is 13.1. The number of aromatic nitrogens is 2. The molecule has 3 aromatic rings. The molecule has 0 bridgehead atoms. The van der Waals surface area contributed by atoms with Gasteiger partial charge >= 0.3 is 0 Å². The van der Waals surface area contributed by atoms with Gasteiger partial charge in [0.1, 0.15) is 5.82 Å². The van der Waals surface area contributed by atoms with Crippen LogP contribution in [-0.2, 0) is 0 Å². The summed E-state index contributed by atoms with van der Waals surface area (Å²) in [6, 6.07) is 15.7. The molecule has 0 saturated carbocycles. The molecular weight excluding hydrogens is 367 g/mol. The third kappa shape index (κ3) is 4.42. The van der Waals surface area contributed by atoms with Crippen molar-refractivity contribution in [1.29, 1.82) is 0 Å². The lowest BCUT2D eigenvalue weighted by Crippen LogP contribution is -2.39. The summed E-state index contributed by atoms with van der Waals surface area (Å²) >= 11 is 0. The Morgan fingerprint density at radius 1 is 1.14 bits per heavy atom. The quantitative estimate of drug-likeness (QED) is 0.702. The molecule has 2 aromatic carbocycles. The van der Waals surface area contributed by atoms with Crippen LogP contribution in [0.3, 0.4) is 0 Å². The highest BCUT2D eigenvalue weighted by Gasteiger charge is 2.27. The molecule has 4 rings (SSSR count). The van der Waals surface area contributed by atoms with Gasteiger partial charge in [0, 0.05) is 36.5 Å². The fourth-order valence-corrected chi connectivity index (χ4v) is 3.71. The zero-order valence-corrected chi connectivity index (χ0v) is 16.3. The van der Waals surface area contributed by atoms with Crippen LogP contribution in [0.2, 0.25) is 0 Å². The summed E-state index contributed by atoms with van der Waals surface area (Å²) in [5.74, 6) is 0.419. The van der Waals surface area contributed by atoms with Crippen molar-refractivity contribution in [2.24, 2.45) is 0 Å². The van der Waals surface area contributed by atoms with E-state index >= 15 is 0 Å². The second-order valence-corrected chi connectivity index (χ2v) is 7.34. The molecule has 1 unspecified atom stereocenters. The van der Waals surface area contributed by atoms with Crippen LogP contribution in [0.15, 0.2) is 60.8 Å². The second-order valence-electron chi connectivity index (χ2n) is 7.34. The van der Waals surface area contributed by atoms with Gasteiger partial charge in [-0.1, -0.05) is 18.2 Å². The third-order valence-electron chi connectivity index (χ3n) is 5.28. The predicted octanol–water partition coefficient (Wildman–Crippen LogP) is 4.69. The van der Waals surface area contributed by atoms with Gasteiger partial charge in [-0.25, -0.2) is 14.4 Å². The van der Waals surface area contributed by atoms with Crippen molar-refractivity contribution < 1.29 is 9.18 Å². The molecule has 1 amide bonds. The van der Waals surface area contributed by atoms with Crippen molar-refractivity contribution in [2.45, 2.75) is 25.7 Å². The largest absolute Gasteiger partial charge is 0.338 e. The van der Waals surface area contributed by atoms with E-state index in [0.717, 1.165) is 41.9 Å². The van der Waals surface area contributed by atoms with E-state index in [1.807, 2.05) is 42.2 Å². The predicted molar refractivity (Wildman–Crippen MR) is 111 cm³/mol. The van der Waals surface area contributed by atoms with Crippen molar-refractivity contribution in [3.63, 3.8) is 0 Å². The van der Waals surface area contributed by atoms with E-state index in [1.54, 1.807) is 18.3 Å². The van der Waals surface area contributed by atoms with Crippen LogP contribution in [0, 0.1) is 12.7 Å². The Balaban J connectivity index is 1.49. The molecule has 6 heteroatoms. The summed E-state index contributed by atoms with van der Waals surface area (Å²) in [5.41, 5.74) is 3.39. The van der Waals surface area contributed by atoms with Gasteiger partial charge in [0.25, 0.3) is 5.91 Å². The first-order valence-corrected chi connectivity index (χ1v) is 9.80. The molecule has 0 spiro atoms. The topological polar surface area (TPSA) is 58.1 Å². The highest BCUT2D eigenvalue weighted by molar-refractivity contribution is 5.95. The van der Waals surface area contributed by atoms with Crippen LogP contribution in [0.5, 0.6) is 0 Å². The molecule has 5 nitrogen and oxygen atoms in total. The Hall–Kier alpha value is -3.28. The summed E-state index contributed by atoms with van der Waals surface area (Å²) in [5, 5.41) is 3.11. The zero-order valence-electron chi connectivity index (χ0n) is 16.3. The Kier molecular flexibility index (Phi) is 5.51. The van der Waals surface area contributed by atoms with Crippen LogP contribution in [0.1, 0.15) is 40.4 Å². The number of benzene rings is 2. The van der Waals surface area contributed by atoms with Crippen LogP contribution in [0.4, 0.5) is 16.0 Å². The van der Waals surface area contributed by atoms with Gasteiger partial charge in [-0.2, -0.15) is 0 Å². The van der Waals surface area contributed by atoms with Crippen molar-refractivity contribution >= 4 is 17.5 Å². The van der Waals surface area contributed by atoms with Crippen molar-refractivity contribution in [2.75, 3.05) is 18.4 Å². The molecule has 29 heavy (non-hydrogen) atoms. The molecule has 0 radical (unpaired) electrons. The van der Waals surface area contributed by atoms with E-state index in [0.29, 0.717) is 12.5 Å². The average molecular weight is 390 g/mol. The van der Waals surface area contributed by atoms with E-state index in [2.05, 4.69) is 15.3 Å². The van der Waals surface area contributed by atoms with E-state index in [-0.39, 0.29) is 17.6 Å². The molecular formula is C23H23FN4O. The summed E-state index contributed by atoms with van der Waals surface area (Å²) in [7, 11) is 0. The maximum Gasteiger partial charge on any atom is 0.254 e. The second kappa shape index (κ2) is 8.39. The highest BCUT2D eigenvalue weighted by Crippen LogP contribution is 2.27. The minimum atomic E-state index is -0.286. The Morgan fingerprint density at radius 3 is 2.72 bits per heavy atom. The van der Waals surface area contributed by atoms with Gasteiger partial charge in [-0.3, -0.25) is 4.79 Å². The molecule has 1 aliphatic rings. The molecule has 1 fully saturated rings. The lowest BCUT2D eigenvalue weighted by Gasteiger charge is -2.33. The average Bonchev–Trinajstić information content (AvgIpc) is 2.76. The van der Waals surface area contributed by atoms with Gasteiger partial charge in [0.2, 0.25) is 5.95 Å². The molecule has 1 atom stereocenters. The minimum Gasteiger partial charge on any atom is -0.338 e. The number of anilines is 2. The van der Waals surface area contributed by atoms with Gasteiger partial charge in [0.15, 0.2) is 0 Å². The molecule has 0 aliphatic carbocycles. The number of rotatable bonds is 4. The third-order valence-corrected chi connectivity index (χ3v) is 5.28. The normalized spacial score (nSPS) is 16.5. The highest BCUT2D eigenvalue weighted by atomic mass is 19.1. The molecule has 1 N–H and O–H groups in total. The Bertz CT molecular complexity index is 1010. The number of carbonyl (C=O) groups is 1. The van der Waals surface area contributed by atoms with Gasteiger partial charge < -0.3 is 10.2 Å². The maximum absolute atomic E-state index is 13.1. The van der Waals surface area contributed by atoms with Gasteiger partial charge in [0.05, 0.1) is 5.69 Å². The number of halogens is 1. The van der Waals surface area contributed by atoms with E-state index in [4.69, 9.17) is 0 Å². The Morgan fingerprint density at radius 2 is 1.93 bits per heavy atom. The van der Waals surface area contributed by atoms with Crippen LogP contribution in [0.25, 0.3) is 0 Å². The fourth-order valence-electron chi connectivity index (χ4n) is 3.71. The molecule has 1 aliphatic heterocycles. The van der Waals surface area contributed by atoms with Crippen molar-refractivity contribution in [3.8, 4) is 0 Å². The molecule has 1 saturated heterocycles.